The summed E-state index contributed by atoms with van der Waals surface area (Å²) in [6.07, 6.45) is 4.50. The lowest BCUT2D eigenvalue weighted by Crippen LogP contribution is -2.32. The summed E-state index contributed by atoms with van der Waals surface area (Å²) in [5.41, 5.74) is 4.39. The Kier molecular flexibility index (Phi) is 3.69. The minimum Gasteiger partial charge on any atom is -0.476 e. The second kappa shape index (κ2) is 5.85. The van der Waals surface area contributed by atoms with Gasteiger partial charge in [0.2, 0.25) is 5.88 Å². The average molecular weight is 309 g/mol. The van der Waals surface area contributed by atoms with E-state index < -0.39 is 0 Å². The molecule has 0 saturated carbocycles. The van der Waals surface area contributed by atoms with E-state index in [4.69, 9.17) is 9.72 Å². The van der Waals surface area contributed by atoms with Gasteiger partial charge in [-0.25, -0.2) is 4.98 Å². The Morgan fingerprint density at radius 3 is 2.83 bits per heavy atom. The fourth-order valence-corrected chi connectivity index (χ4v) is 3.39. The predicted octanol–water partition coefficient (Wildman–Crippen LogP) is 3.52. The van der Waals surface area contributed by atoms with Crippen LogP contribution in [0.4, 0.5) is 0 Å². The van der Waals surface area contributed by atoms with E-state index >= 15 is 0 Å². The average Bonchev–Trinajstić information content (AvgIpc) is 3.03. The highest BCUT2D eigenvalue weighted by Gasteiger charge is 2.18. The van der Waals surface area contributed by atoms with E-state index in [0.29, 0.717) is 5.92 Å². The summed E-state index contributed by atoms with van der Waals surface area (Å²) in [4.78, 5) is 7.17. The van der Waals surface area contributed by atoms with Gasteiger partial charge in [-0.1, -0.05) is 6.07 Å². The fourth-order valence-electron chi connectivity index (χ4n) is 3.39. The quantitative estimate of drug-likeness (QED) is 0.741. The number of aromatic nitrogens is 2. The van der Waals surface area contributed by atoms with Crippen LogP contribution in [0.15, 0.2) is 36.5 Å². The Balaban J connectivity index is 1.64. The van der Waals surface area contributed by atoms with Crippen molar-refractivity contribution >= 4 is 16.6 Å². The monoisotopic (exact) mass is 309 g/mol. The Morgan fingerprint density at radius 1 is 1.17 bits per heavy atom. The smallest absolute Gasteiger partial charge is 0.238 e. The number of hydrogen-bond acceptors (Lipinski definition) is 3. The van der Waals surface area contributed by atoms with Crippen molar-refractivity contribution in [2.75, 3.05) is 26.7 Å². The van der Waals surface area contributed by atoms with Gasteiger partial charge in [-0.2, -0.15) is 0 Å². The third-order valence-corrected chi connectivity index (χ3v) is 4.87. The molecule has 4 heteroatoms. The largest absolute Gasteiger partial charge is 0.476 e. The van der Waals surface area contributed by atoms with Crippen molar-refractivity contribution in [1.82, 2.24) is 14.3 Å². The number of piperidine rings is 1. The molecule has 0 spiro atoms. The summed E-state index contributed by atoms with van der Waals surface area (Å²) in [6.45, 7) is 5.19. The molecule has 23 heavy (non-hydrogen) atoms. The standard InChI is InChI=1S/C19H23N3O/c1-14-5-6-17-16(12-14)20-19(18-4-3-9-22(17)18)23-13-15-7-10-21(2)11-8-15/h3-6,9,12,15H,7-8,10-11,13H2,1-2H3. The molecule has 0 radical (unpaired) electrons. The van der Waals surface area contributed by atoms with Crippen LogP contribution in [-0.4, -0.2) is 41.0 Å². The van der Waals surface area contributed by atoms with Crippen LogP contribution in [0.25, 0.3) is 16.6 Å². The number of hydrogen-bond donors (Lipinski definition) is 0. The van der Waals surface area contributed by atoms with Gasteiger partial charge in [0.15, 0.2) is 0 Å². The van der Waals surface area contributed by atoms with Gasteiger partial charge in [0.05, 0.1) is 17.6 Å². The summed E-state index contributed by atoms with van der Waals surface area (Å²) in [6, 6.07) is 10.5. The third kappa shape index (κ3) is 2.79. The highest BCUT2D eigenvalue weighted by molar-refractivity contribution is 5.81. The molecule has 4 nitrogen and oxygen atoms in total. The second-order valence-corrected chi connectivity index (χ2v) is 6.73. The van der Waals surface area contributed by atoms with E-state index in [1.54, 1.807) is 0 Å². The van der Waals surface area contributed by atoms with Crippen LogP contribution >= 0.6 is 0 Å². The van der Waals surface area contributed by atoms with Crippen LogP contribution in [0.1, 0.15) is 18.4 Å². The Hall–Kier alpha value is -2.07. The first-order valence-electron chi connectivity index (χ1n) is 8.39. The Labute approximate surface area is 136 Å². The van der Waals surface area contributed by atoms with Gasteiger partial charge >= 0.3 is 0 Å². The van der Waals surface area contributed by atoms with Crippen molar-refractivity contribution < 1.29 is 4.74 Å². The van der Waals surface area contributed by atoms with Crippen LogP contribution in [-0.2, 0) is 0 Å². The van der Waals surface area contributed by atoms with Crippen molar-refractivity contribution in [3.8, 4) is 5.88 Å². The minimum absolute atomic E-state index is 0.635. The van der Waals surface area contributed by atoms with E-state index in [1.807, 2.05) is 0 Å². The summed E-state index contributed by atoms with van der Waals surface area (Å²) < 4.78 is 8.32. The molecule has 1 saturated heterocycles. The zero-order valence-electron chi connectivity index (χ0n) is 13.8. The topological polar surface area (TPSA) is 29.8 Å². The Morgan fingerprint density at radius 2 is 2.00 bits per heavy atom. The molecule has 0 aliphatic carbocycles. The lowest BCUT2D eigenvalue weighted by Gasteiger charge is -2.28. The first-order chi connectivity index (χ1) is 11.2. The zero-order valence-corrected chi connectivity index (χ0v) is 13.8. The van der Waals surface area contributed by atoms with Gasteiger partial charge in [0, 0.05) is 6.20 Å². The maximum atomic E-state index is 6.15. The predicted molar refractivity (Wildman–Crippen MR) is 93.2 cm³/mol. The number of rotatable bonds is 3. The van der Waals surface area contributed by atoms with Crippen LogP contribution in [0.3, 0.4) is 0 Å². The van der Waals surface area contributed by atoms with E-state index in [1.165, 1.54) is 31.5 Å². The molecular weight excluding hydrogens is 286 g/mol. The summed E-state index contributed by atoms with van der Waals surface area (Å²) in [5, 5.41) is 0. The molecule has 0 amide bonds. The van der Waals surface area contributed by atoms with E-state index in [2.05, 4.69) is 59.8 Å². The highest BCUT2D eigenvalue weighted by atomic mass is 16.5. The van der Waals surface area contributed by atoms with Crippen LogP contribution < -0.4 is 4.74 Å². The van der Waals surface area contributed by atoms with Crippen molar-refractivity contribution in [3.05, 3.63) is 42.1 Å². The summed E-state index contributed by atoms with van der Waals surface area (Å²) in [7, 11) is 2.19. The van der Waals surface area contributed by atoms with E-state index in [0.717, 1.165) is 29.0 Å². The van der Waals surface area contributed by atoms with Crippen molar-refractivity contribution in [3.63, 3.8) is 0 Å². The molecule has 3 heterocycles. The molecule has 2 aromatic heterocycles. The third-order valence-electron chi connectivity index (χ3n) is 4.87. The fraction of sp³-hybridized carbons (Fsp3) is 0.421. The molecule has 0 unspecified atom stereocenters. The van der Waals surface area contributed by atoms with Crippen LogP contribution in [0.5, 0.6) is 5.88 Å². The number of nitrogens with zero attached hydrogens (tertiary/aromatic N) is 3. The minimum atomic E-state index is 0.635. The molecule has 1 aliphatic rings. The number of likely N-dealkylation sites (tertiary alicyclic amines) is 1. The van der Waals surface area contributed by atoms with Gasteiger partial charge in [0.1, 0.15) is 5.52 Å². The van der Waals surface area contributed by atoms with Gasteiger partial charge in [0.25, 0.3) is 0 Å². The van der Waals surface area contributed by atoms with Gasteiger partial charge in [-0.05, 0) is 75.6 Å². The lowest BCUT2D eigenvalue weighted by atomic mass is 9.98. The van der Waals surface area contributed by atoms with E-state index in [-0.39, 0.29) is 0 Å². The summed E-state index contributed by atoms with van der Waals surface area (Å²) >= 11 is 0. The number of ether oxygens (including phenoxy) is 1. The van der Waals surface area contributed by atoms with E-state index in [9.17, 15) is 0 Å². The zero-order chi connectivity index (χ0) is 15.8. The molecule has 1 aliphatic heterocycles. The SMILES string of the molecule is Cc1ccc2c(c1)nc(OCC1CCN(C)CC1)c1cccn12. The molecule has 120 valence electrons. The van der Waals surface area contributed by atoms with Crippen LogP contribution in [0, 0.1) is 12.8 Å². The maximum absolute atomic E-state index is 6.15. The lowest BCUT2D eigenvalue weighted by molar-refractivity contribution is 0.158. The highest BCUT2D eigenvalue weighted by Crippen LogP contribution is 2.26. The van der Waals surface area contributed by atoms with Gasteiger partial charge < -0.3 is 14.0 Å². The van der Waals surface area contributed by atoms with Crippen molar-refractivity contribution in [2.24, 2.45) is 5.92 Å². The molecular formula is C19H23N3O. The van der Waals surface area contributed by atoms with Crippen molar-refractivity contribution in [2.45, 2.75) is 19.8 Å². The molecule has 4 rings (SSSR count). The molecule has 0 bridgehead atoms. The molecule has 1 aromatic carbocycles. The number of fused-ring (bicyclic) bond motifs is 3. The first-order valence-corrected chi connectivity index (χ1v) is 8.39. The normalized spacial score (nSPS) is 17.1. The van der Waals surface area contributed by atoms with Gasteiger partial charge in [-0.3, -0.25) is 0 Å². The maximum Gasteiger partial charge on any atom is 0.238 e. The summed E-state index contributed by atoms with van der Waals surface area (Å²) in [5.74, 6) is 1.39. The van der Waals surface area contributed by atoms with Crippen molar-refractivity contribution in [1.29, 1.82) is 0 Å². The van der Waals surface area contributed by atoms with Crippen LogP contribution in [0.2, 0.25) is 0 Å². The second-order valence-electron chi connectivity index (χ2n) is 6.73. The molecule has 0 N–H and O–H groups in total. The number of aryl methyl sites for hydroxylation is 1. The van der Waals surface area contributed by atoms with Gasteiger partial charge in [-0.15, -0.1) is 0 Å². The first kappa shape index (κ1) is 14.5. The Bertz CT molecular complexity index is 831. The molecule has 3 aromatic rings. The number of benzene rings is 1. The molecule has 1 fully saturated rings. The molecule has 0 atom stereocenters.